The highest BCUT2D eigenvalue weighted by Crippen LogP contribution is 2.42. The van der Waals surface area contributed by atoms with Crippen LogP contribution in [-0.2, 0) is 24.2 Å². The second kappa shape index (κ2) is 11.3. The van der Waals surface area contributed by atoms with Crippen LogP contribution in [0.4, 0.5) is 5.69 Å². The van der Waals surface area contributed by atoms with Crippen LogP contribution in [0.3, 0.4) is 0 Å². The number of fused-ring (bicyclic) bond motifs is 1. The molecule has 5 nitrogen and oxygen atoms in total. The van der Waals surface area contributed by atoms with Crippen molar-refractivity contribution in [3.63, 3.8) is 0 Å². The number of aryl methyl sites for hydroxylation is 1. The molecule has 0 saturated carbocycles. The lowest BCUT2D eigenvalue weighted by molar-refractivity contribution is -0.131. The summed E-state index contributed by atoms with van der Waals surface area (Å²) in [5.41, 5.74) is 9.64. The number of aromatic nitrogens is 2. The van der Waals surface area contributed by atoms with E-state index in [2.05, 4.69) is 98.5 Å². The van der Waals surface area contributed by atoms with Gasteiger partial charge in [0.15, 0.2) is 0 Å². The molecule has 0 spiro atoms. The minimum Gasteiger partial charge on any atom is -0.478 e. The molecule has 2 atom stereocenters. The summed E-state index contributed by atoms with van der Waals surface area (Å²) in [6.07, 6.45) is 8.90. The van der Waals surface area contributed by atoms with Crippen LogP contribution in [-0.4, -0.2) is 26.9 Å². The number of carbonyl (C=O) groups is 1. The van der Waals surface area contributed by atoms with Gasteiger partial charge in [-0.05, 0) is 84.2 Å². The van der Waals surface area contributed by atoms with Crippen LogP contribution in [0.2, 0.25) is 0 Å². The van der Waals surface area contributed by atoms with Crippen LogP contribution in [0.5, 0.6) is 0 Å². The lowest BCUT2D eigenvalue weighted by atomic mass is 9.83. The standard InChI is InChI=1S/C34H37N3O2/c1-5-36-22-30(21-35-36)28-13-16-32-29(20-28)19-24(4)37(31-14-8-26(9-15-31)18-23(2)3)34(32)27-11-6-25(7-12-27)10-17-33(38)39/h6-17,20-24,34H,5,18-19H2,1-4H3,(H,38,39)/b17-10+. The first-order chi connectivity index (χ1) is 18.8. The summed E-state index contributed by atoms with van der Waals surface area (Å²) in [6, 6.07) is 24.5. The van der Waals surface area contributed by atoms with Crippen LogP contribution in [0.25, 0.3) is 17.2 Å². The van der Waals surface area contributed by atoms with Crippen molar-refractivity contribution in [1.82, 2.24) is 9.78 Å². The Labute approximate surface area is 231 Å². The first-order valence-electron chi connectivity index (χ1n) is 13.9. The van der Waals surface area contributed by atoms with Crippen molar-refractivity contribution in [2.45, 2.75) is 59.2 Å². The lowest BCUT2D eigenvalue weighted by Gasteiger charge is -2.44. The number of carboxylic acid groups (broad SMARTS) is 1. The van der Waals surface area contributed by atoms with E-state index in [1.165, 1.54) is 39.6 Å². The number of nitrogens with zero attached hydrogens (tertiary/aromatic N) is 3. The molecule has 0 fully saturated rings. The van der Waals surface area contributed by atoms with Crippen molar-refractivity contribution in [3.05, 3.63) is 113 Å². The van der Waals surface area contributed by atoms with Gasteiger partial charge < -0.3 is 10.0 Å². The number of benzene rings is 3. The highest BCUT2D eigenvalue weighted by atomic mass is 16.4. The maximum absolute atomic E-state index is 11.0. The van der Waals surface area contributed by atoms with Gasteiger partial charge in [-0.25, -0.2) is 4.79 Å². The molecule has 2 unspecified atom stereocenters. The van der Waals surface area contributed by atoms with Gasteiger partial charge in [0.25, 0.3) is 0 Å². The summed E-state index contributed by atoms with van der Waals surface area (Å²) >= 11 is 0. The van der Waals surface area contributed by atoms with E-state index in [1.807, 2.05) is 23.0 Å². The van der Waals surface area contributed by atoms with Crippen LogP contribution in [0, 0.1) is 5.92 Å². The Balaban J connectivity index is 1.57. The average Bonchev–Trinajstić information content (AvgIpc) is 3.41. The Morgan fingerprint density at radius 1 is 1.05 bits per heavy atom. The predicted octanol–water partition coefficient (Wildman–Crippen LogP) is 7.41. The first-order valence-corrected chi connectivity index (χ1v) is 13.9. The van der Waals surface area contributed by atoms with E-state index >= 15 is 0 Å². The number of rotatable bonds is 8. The Morgan fingerprint density at radius 2 is 1.79 bits per heavy atom. The van der Waals surface area contributed by atoms with E-state index in [-0.39, 0.29) is 6.04 Å². The molecule has 200 valence electrons. The van der Waals surface area contributed by atoms with Gasteiger partial charge in [-0.1, -0.05) is 68.4 Å². The zero-order chi connectivity index (χ0) is 27.5. The second-order valence-corrected chi connectivity index (χ2v) is 11.0. The molecule has 4 aromatic rings. The number of carboxylic acids is 1. The third-order valence-corrected chi connectivity index (χ3v) is 7.55. The molecule has 1 aliphatic heterocycles. The van der Waals surface area contributed by atoms with Crippen molar-refractivity contribution in [1.29, 1.82) is 0 Å². The quantitative estimate of drug-likeness (QED) is 0.246. The van der Waals surface area contributed by atoms with Crippen LogP contribution in [0.15, 0.2) is 85.2 Å². The summed E-state index contributed by atoms with van der Waals surface area (Å²) in [7, 11) is 0. The SMILES string of the molecule is CCn1cc(-c2ccc3c(c2)CC(C)N(c2ccc(CC(C)C)cc2)C3c2ccc(/C=C/C(=O)O)cc2)cn1. The molecule has 2 heterocycles. The molecular formula is C34H37N3O2. The number of anilines is 1. The maximum atomic E-state index is 11.0. The normalized spacial score (nSPS) is 17.1. The van der Waals surface area contributed by atoms with Gasteiger partial charge in [0.1, 0.15) is 0 Å². The minimum atomic E-state index is -0.943. The largest absolute Gasteiger partial charge is 0.478 e. The number of hydrogen-bond donors (Lipinski definition) is 1. The van der Waals surface area contributed by atoms with Gasteiger partial charge >= 0.3 is 5.97 Å². The van der Waals surface area contributed by atoms with E-state index in [1.54, 1.807) is 6.08 Å². The Bertz CT molecular complexity index is 1470. The molecule has 5 rings (SSSR count). The van der Waals surface area contributed by atoms with Gasteiger partial charge in [-0.3, -0.25) is 4.68 Å². The molecule has 1 aromatic heterocycles. The average molecular weight is 520 g/mol. The first kappa shape index (κ1) is 26.5. The van der Waals surface area contributed by atoms with Crippen molar-refractivity contribution >= 4 is 17.7 Å². The van der Waals surface area contributed by atoms with Crippen LogP contribution < -0.4 is 4.90 Å². The van der Waals surface area contributed by atoms with Gasteiger partial charge in [0.2, 0.25) is 0 Å². The molecule has 1 N–H and O–H groups in total. The van der Waals surface area contributed by atoms with E-state index in [0.29, 0.717) is 12.0 Å². The van der Waals surface area contributed by atoms with Gasteiger partial charge in [-0.2, -0.15) is 5.10 Å². The Kier molecular flexibility index (Phi) is 7.69. The van der Waals surface area contributed by atoms with Crippen molar-refractivity contribution in [2.75, 3.05) is 4.90 Å². The Morgan fingerprint density at radius 3 is 2.44 bits per heavy atom. The highest BCUT2D eigenvalue weighted by molar-refractivity contribution is 5.85. The summed E-state index contributed by atoms with van der Waals surface area (Å²) in [5, 5.41) is 13.5. The molecule has 0 radical (unpaired) electrons. The molecule has 3 aromatic carbocycles. The molecular weight excluding hydrogens is 482 g/mol. The van der Waals surface area contributed by atoms with Crippen LogP contribution >= 0.6 is 0 Å². The molecule has 39 heavy (non-hydrogen) atoms. The molecule has 5 heteroatoms. The summed E-state index contributed by atoms with van der Waals surface area (Å²) in [4.78, 5) is 13.5. The second-order valence-electron chi connectivity index (χ2n) is 11.0. The van der Waals surface area contributed by atoms with Crippen molar-refractivity contribution in [3.8, 4) is 11.1 Å². The molecule has 0 aliphatic carbocycles. The smallest absolute Gasteiger partial charge is 0.328 e. The van der Waals surface area contributed by atoms with Gasteiger partial charge in [0, 0.05) is 36.1 Å². The fraction of sp³-hybridized carbons (Fsp3) is 0.294. The molecule has 0 bridgehead atoms. The van der Waals surface area contributed by atoms with Crippen LogP contribution in [0.1, 0.15) is 61.6 Å². The van der Waals surface area contributed by atoms with E-state index in [4.69, 9.17) is 5.11 Å². The summed E-state index contributed by atoms with van der Waals surface area (Å²) < 4.78 is 1.96. The van der Waals surface area contributed by atoms with E-state index in [0.717, 1.165) is 30.5 Å². The topological polar surface area (TPSA) is 58.4 Å². The molecule has 0 amide bonds. The zero-order valence-electron chi connectivity index (χ0n) is 23.2. The minimum absolute atomic E-state index is 0.0459. The van der Waals surface area contributed by atoms with E-state index < -0.39 is 5.97 Å². The molecule has 0 saturated heterocycles. The molecule has 1 aliphatic rings. The number of aliphatic carboxylic acids is 1. The summed E-state index contributed by atoms with van der Waals surface area (Å²) in [6.45, 7) is 9.77. The van der Waals surface area contributed by atoms with Crippen molar-refractivity contribution < 1.29 is 9.90 Å². The van der Waals surface area contributed by atoms with Gasteiger partial charge in [-0.15, -0.1) is 0 Å². The zero-order valence-corrected chi connectivity index (χ0v) is 23.2. The maximum Gasteiger partial charge on any atom is 0.328 e. The van der Waals surface area contributed by atoms with Crippen molar-refractivity contribution in [2.24, 2.45) is 5.92 Å². The number of hydrogen-bond acceptors (Lipinski definition) is 3. The Hall–Kier alpha value is -4.12. The monoisotopic (exact) mass is 519 g/mol. The highest BCUT2D eigenvalue weighted by Gasteiger charge is 2.33. The van der Waals surface area contributed by atoms with Gasteiger partial charge in [0.05, 0.1) is 12.2 Å². The third kappa shape index (κ3) is 5.83. The summed E-state index contributed by atoms with van der Waals surface area (Å²) in [5.74, 6) is -0.321. The van der Waals surface area contributed by atoms with E-state index in [9.17, 15) is 4.79 Å². The fourth-order valence-corrected chi connectivity index (χ4v) is 5.71. The lowest BCUT2D eigenvalue weighted by Crippen LogP contribution is -2.42. The fourth-order valence-electron chi connectivity index (χ4n) is 5.71. The predicted molar refractivity (Wildman–Crippen MR) is 159 cm³/mol. The third-order valence-electron chi connectivity index (χ3n) is 7.55.